The Morgan fingerprint density at radius 2 is 1.96 bits per heavy atom. The number of alkyl carbamates (subject to hydrolysis) is 1. The maximum Gasteiger partial charge on any atom is 0.407 e. The maximum absolute atomic E-state index is 12.0. The number of nitrogens with one attached hydrogen (secondary N) is 2. The van der Waals surface area contributed by atoms with Crippen molar-refractivity contribution in [3.8, 4) is 0 Å². The van der Waals surface area contributed by atoms with Crippen molar-refractivity contribution in [1.29, 1.82) is 0 Å². The molecule has 0 aliphatic carbocycles. The molecule has 2 aliphatic heterocycles. The number of carbonyl (C=O) groups is 1. The van der Waals surface area contributed by atoms with E-state index in [4.69, 9.17) is 4.74 Å². The standard InChI is InChI=1S/C21H41N5O2/c1-17-9-8-13-25(15-17)12-7-6-11-23-19(22-5)26-14-10-18(16-26)24-20(27)28-21(2,3)4/h17-18H,6-16H2,1-5H3,(H,22,23)(H,24,27). The Bertz CT molecular complexity index is 517. The molecule has 28 heavy (non-hydrogen) atoms. The third-order valence-electron chi connectivity index (χ3n) is 5.35. The van der Waals surface area contributed by atoms with E-state index in [0.717, 1.165) is 44.4 Å². The fourth-order valence-electron chi connectivity index (χ4n) is 4.03. The lowest BCUT2D eigenvalue weighted by Gasteiger charge is -2.30. The summed E-state index contributed by atoms with van der Waals surface area (Å²) in [6.45, 7) is 14.3. The molecular weight excluding hydrogens is 354 g/mol. The highest BCUT2D eigenvalue weighted by Gasteiger charge is 2.27. The molecule has 0 bridgehead atoms. The molecule has 0 aromatic heterocycles. The number of ether oxygens (including phenoxy) is 1. The summed E-state index contributed by atoms with van der Waals surface area (Å²) >= 11 is 0. The van der Waals surface area contributed by atoms with Crippen LogP contribution in [0.2, 0.25) is 0 Å². The smallest absolute Gasteiger partial charge is 0.407 e. The molecule has 0 spiro atoms. The Morgan fingerprint density at radius 1 is 1.18 bits per heavy atom. The van der Waals surface area contributed by atoms with Gasteiger partial charge in [0.15, 0.2) is 5.96 Å². The lowest BCUT2D eigenvalue weighted by molar-refractivity contribution is 0.0507. The zero-order chi connectivity index (χ0) is 20.6. The predicted octanol–water partition coefficient (Wildman–Crippen LogP) is 2.67. The number of piperidine rings is 1. The Balaban J connectivity index is 1.62. The molecule has 2 fully saturated rings. The second kappa shape index (κ2) is 10.9. The number of guanidine groups is 1. The SMILES string of the molecule is CN=C(NCCCCN1CCCC(C)C1)N1CCC(NC(=O)OC(C)(C)C)C1. The van der Waals surface area contributed by atoms with Crippen molar-refractivity contribution in [2.75, 3.05) is 46.3 Å². The van der Waals surface area contributed by atoms with Gasteiger partial charge in [-0.2, -0.15) is 0 Å². The first kappa shape index (κ1) is 22.8. The van der Waals surface area contributed by atoms with Crippen LogP contribution >= 0.6 is 0 Å². The third kappa shape index (κ3) is 8.25. The minimum Gasteiger partial charge on any atom is -0.444 e. The first-order chi connectivity index (χ1) is 13.3. The molecule has 0 radical (unpaired) electrons. The minimum absolute atomic E-state index is 0.106. The van der Waals surface area contributed by atoms with Gasteiger partial charge >= 0.3 is 6.09 Å². The number of likely N-dealkylation sites (tertiary alicyclic amines) is 2. The van der Waals surface area contributed by atoms with Crippen LogP contribution in [0.3, 0.4) is 0 Å². The maximum atomic E-state index is 12.0. The van der Waals surface area contributed by atoms with Crippen molar-refractivity contribution in [2.24, 2.45) is 10.9 Å². The van der Waals surface area contributed by atoms with Gasteiger partial charge in [-0.1, -0.05) is 6.92 Å². The summed E-state index contributed by atoms with van der Waals surface area (Å²) in [5, 5.41) is 6.45. The molecule has 2 aliphatic rings. The van der Waals surface area contributed by atoms with Crippen LogP contribution < -0.4 is 10.6 Å². The van der Waals surface area contributed by atoms with Crippen LogP contribution in [-0.2, 0) is 4.74 Å². The summed E-state index contributed by atoms with van der Waals surface area (Å²) in [5.74, 6) is 1.78. The summed E-state index contributed by atoms with van der Waals surface area (Å²) in [4.78, 5) is 21.2. The Hall–Kier alpha value is -1.50. The van der Waals surface area contributed by atoms with Crippen LogP contribution in [0, 0.1) is 5.92 Å². The number of unbranched alkanes of at least 4 members (excludes halogenated alkanes) is 1. The van der Waals surface area contributed by atoms with Crippen molar-refractivity contribution >= 4 is 12.1 Å². The quantitative estimate of drug-likeness (QED) is 0.411. The van der Waals surface area contributed by atoms with Crippen LogP contribution in [0.4, 0.5) is 4.79 Å². The zero-order valence-corrected chi connectivity index (χ0v) is 18.6. The van der Waals surface area contributed by atoms with E-state index in [1.807, 2.05) is 27.8 Å². The molecule has 2 rings (SSSR count). The van der Waals surface area contributed by atoms with E-state index < -0.39 is 5.60 Å². The second-order valence-electron chi connectivity index (χ2n) is 9.31. The van der Waals surface area contributed by atoms with Crippen molar-refractivity contribution in [2.45, 2.75) is 71.4 Å². The summed E-state index contributed by atoms with van der Waals surface area (Å²) in [6.07, 6.45) is 5.67. The highest BCUT2D eigenvalue weighted by molar-refractivity contribution is 5.80. The van der Waals surface area contributed by atoms with E-state index in [-0.39, 0.29) is 12.1 Å². The molecule has 2 heterocycles. The first-order valence-corrected chi connectivity index (χ1v) is 10.9. The summed E-state index contributed by atoms with van der Waals surface area (Å²) in [7, 11) is 1.83. The molecule has 2 unspecified atom stereocenters. The van der Waals surface area contributed by atoms with Crippen LogP contribution in [0.1, 0.15) is 59.8 Å². The summed E-state index contributed by atoms with van der Waals surface area (Å²) < 4.78 is 5.35. The Kier molecular flexibility index (Phi) is 8.86. The van der Waals surface area contributed by atoms with Gasteiger partial charge in [0.05, 0.1) is 6.04 Å². The van der Waals surface area contributed by atoms with Crippen LogP contribution in [-0.4, -0.2) is 79.8 Å². The average molecular weight is 396 g/mol. The lowest BCUT2D eigenvalue weighted by Crippen LogP contribution is -2.44. The second-order valence-corrected chi connectivity index (χ2v) is 9.31. The van der Waals surface area contributed by atoms with Gasteiger partial charge in [0.1, 0.15) is 5.60 Å². The van der Waals surface area contributed by atoms with Crippen molar-refractivity contribution in [1.82, 2.24) is 20.4 Å². The number of carbonyl (C=O) groups excluding carboxylic acids is 1. The Labute approximate surface area is 171 Å². The highest BCUT2D eigenvalue weighted by atomic mass is 16.6. The molecule has 2 atom stereocenters. The number of rotatable bonds is 6. The highest BCUT2D eigenvalue weighted by Crippen LogP contribution is 2.16. The van der Waals surface area contributed by atoms with Gasteiger partial charge in [-0.05, 0) is 71.9 Å². The lowest BCUT2D eigenvalue weighted by atomic mass is 10.0. The monoisotopic (exact) mass is 395 g/mol. The van der Waals surface area contributed by atoms with E-state index >= 15 is 0 Å². The molecular formula is C21H41N5O2. The van der Waals surface area contributed by atoms with Crippen molar-refractivity contribution < 1.29 is 9.53 Å². The van der Waals surface area contributed by atoms with Crippen molar-refractivity contribution in [3.05, 3.63) is 0 Å². The van der Waals surface area contributed by atoms with Gasteiger partial charge in [-0.3, -0.25) is 4.99 Å². The number of nitrogens with zero attached hydrogens (tertiary/aromatic N) is 3. The van der Waals surface area contributed by atoms with Gasteiger partial charge in [0.25, 0.3) is 0 Å². The van der Waals surface area contributed by atoms with Gasteiger partial charge < -0.3 is 25.2 Å². The molecule has 7 nitrogen and oxygen atoms in total. The molecule has 0 aromatic carbocycles. The van der Waals surface area contributed by atoms with Crippen molar-refractivity contribution in [3.63, 3.8) is 0 Å². The van der Waals surface area contributed by atoms with Crippen LogP contribution in [0.25, 0.3) is 0 Å². The van der Waals surface area contributed by atoms with Gasteiger partial charge in [0, 0.05) is 33.2 Å². The fraction of sp³-hybridized carbons (Fsp3) is 0.905. The molecule has 162 valence electrons. The zero-order valence-electron chi connectivity index (χ0n) is 18.6. The van der Waals surface area contributed by atoms with Crippen LogP contribution in [0.15, 0.2) is 4.99 Å². The molecule has 0 aromatic rings. The van der Waals surface area contributed by atoms with E-state index in [9.17, 15) is 4.79 Å². The molecule has 2 N–H and O–H groups in total. The van der Waals surface area contributed by atoms with Gasteiger partial charge in [-0.15, -0.1) is 0 Å². The number of aliphatic imine (C=N–C) groups is 1. The first-order valence-electron chi connectivity index (χ1n) is 10.9. The fourth-order valence-corrected chi connectivity index (χ4v) is 4.03. The molecule has 0 saturated carbocycles. The predicted molar refractivity (Wildman–Crippen MR) is 115 cm³/mol. The van der Waals surface area contributed by atoms with Gasteiger partial charge in [0.2, 0.25) is 0 Å². The number of hydrogen-bond donors (Lipinski definition) is 2. The molecule has 2 saturated heterocycles. The topological polar surface area (TPSA) is 69.2 Å². The van der Waals surface area contributed by atoms with E-state index in [2.05, 4.69) is 32.3 Å². The van der Waals surface area contributed by atoms with E-state index in [1.165, 1.54) is 38.9 Å². The number of hydrogen-bond acceptors (Lipinski definition) is 4. The van der Waals surface area contributed by atoms with Gasteiger partial charge in [-0.25, -0.2) is 4.79 Å². The van der Waals surface area contributed by atoms with Crippen LogP contribution in [0.5, 0.6) is 0 Å². The summed E-state index contributed by atoms with van der Waals surface area (Å²) in [6, 6.07) is 0.106. The molecule has 7 heteroatoms. The normalized spacial score (nSPS) is 24.3. The molecule has 1 amide bonds. The number of amides is 1. The summed E-state index contributed by atoms with van der Waals surface area (Å²) in [5.41, 5.74) is -0.466. The van der Waals surface area contributed by atoms with E-state index in [1.54, 1.807) is 0 Å². The third-order valence-corrected chi connectivity index (χ3v) is 5.35. The largest absolute Gasteiger partial charge is 0.444 e. The van der Waals surface area contributed by atoms with E-state index in [0.29, 0.717) is 0 Å². The average Bonchev–Trinajstić information content (AvgIpc) is 3.04. The minimum atomic E-state index is -0.466. The Morgan fingerprint density at radius 3 is 2.64 bits per heavy atom.